The first-order valence-corrected chi connectivity index (χ1v) is 9.77. The molecule has 27 heavy (non-hydrogen) atoms. The molecule has 4 heteroatoms. The number of carbonyl (C=O) groups is 2. The molecule has 0 aromatic heterocycles. The summed E-state index contributed by atoms with van der Waals surface area (Å²) >= 11 is 0. The van der Waals surface area contributed by atoms with Crippen molar-refractivity contribution in [2.75, 3.05) is 11.9 Å². The summed E-state index contributed by atoms with van der Waals surface area (Å²) in [5.74, 6) is 0.266. The minimum absolute atomic E-state index is 0.0863. The van der Waals surface area contributed by atoms with Crippen LogP contribution in [0.5, 0.6) is 0 Å². The lowest BCUT2D eigenvalue weighted by Gasteiger charge is -2.11. The first-order chi connectivity index (χ1) is 13.0. The Morgan fingerprint density at radius 2 is 1.70 bits per heavy atom. The van der Waals surface area contributed by atoms with Crippen LogP contribution in [0.1, 0.15) is 67.4 Å². The zero-order valence-electron chi connectivity index (χ0n) is 16.5. The Labute approximate surface area is 162 Å². The van der Waals surface area contributed by atoms with Gasteiger partial charge in [0.25, 0.3) is 5.91 Å². The monoisotopic (exact) mass is 366 g/mol. The molecule has 2 aromatic rings. The van der Waals surface area contributed by atoms with Gasteiger partial charge in [0.2, 0.25) is 5.91 Å². The molecule has 0 spiro atoms. The molecule has 144 valence electrons. The van der Waals surface area contributed by atoms with Crippen molar-refractivity contribution in [2.45, 2.75) is 52.4 Å². The summed E-state index contributed by atoms with van der Waals surface area (Å²) in [7, 11) is 0. The molecule has 0 fully saturated rings. The van der Waals surface area contributed by atoms with Crippen molar-refractivity contribution in [1.82, 2.24) is 5.32 Å². The van der Waals surface area contributed by atoms with Gasteiger partial charge in [-0.25, -0.2) is 0 Å². The van der Waals surface area contributed by atoms with Crippen molar-refractivity contribution in [3.63, 3.8) is 0 Å². The highest BCUT2D eigenvalue weighted by Crippen LogP contribution is 2.17. The van der Waals surface area contributed by atoms with E-state index in [1.807, 2.05) is 6.07 Å². The van der Waals surface area contributed by atoms with Crippen molar-refractivity contribution in [1.29, 1.82) is 0 Å². The maximum Gasteiger partial charge on any atom is 0.253 e. The summed E-state index contributed by atoms with van der Waals surface area (Å²) in [6.45, 7) is 7.05. The molecule has 0 aliphatic heterocycles. The van der Waals surface area contributed by atoms with Crippen molar-refractivity contribution < 1.29 is 9.59 Å². The van der Waals surface area contributed by atoms with Crippen LogP contribution < -0.4 is 10.6 Å². The summed E-state index contributed by atoms with van der Waals surface area (Å²) in [4.78, 5) is 24.7. The average molecular weight is 367 g/mol. The third kappa shape index (κ3) is 6.55. The van der Waals surface area contributed by atoms with E-state index in [2.05, 4.69) is 55.7 Å². The number of unbranched alkanes of at least 4 members (excludes halogenated alkanes) is 1. The third-order valence-electron chi connectivity index (χ3n) is 4.55. The van der Waals surface area contributed by atoms with Gasteiger partial charge in [0, 0.05) is 13.0 Å². The van der Waals surface area contributed by atoms with E-state index >= 15 is 0 Å². The molecule has 0 radical (unpaired) electrons. The Morgan fingerprint density at radius 3 is 2.37 bits per heavy atom. The molecule has 0 aliphatic rings. The molecule has 0 atom stereocenters. The first-order valence-electron chi connectivity index (χ1n) is 9.77. The molecule has 2 aromatic carbocycles. The molecule has 0 aliphatic carbocycles. The lowest BCUT2D eigenvalue weighted by atomic mass is 10.0. The van der Waals surface area contributed by atoms with Gasteiger partial charge in [0.15, 0.2) is 0 Å². The second-order valence-corrected chi connectivity index (χ2v) is 7.10. The van der Waals surface area contributed by atoms with Crippen LogP contribution in [0.15, 0.2) is 48.5 Å². The fourth-order valence-electron chi connectivity index (χ4n) is 2.80. The van der Waals surface area contributed by atoms with Gasteiger partial charge in [-0.3, -0.25) is 9.59 Å². The topological polar surface area (TPSA) is 58.2 Å². The van der Waals surface area contributed by atoms with Crippen LogP contribution >= 0.6 is 0 Å². The van der Waals surface area contributed by atoms with Gasteiger partial charge in [-0.2, -0.15) is 0 Å². The summed E-state index contributed by atoms with van der Waals surface area (Å²) in [6, 6.07) is 15.5. The Hall–Kier alpha value is -2.62. The maximum atomic E-state index is 12.4. The van der Waals surface area contributed by atoms with Gasteiger partial charge >= 0.3 is 0 Å². The van der Waals surface area contributed by atoms with E-state index in [4.69, 9.17) is 0 Å². The number of aryl methyl sites for hydroxylation is 1. The summed E-state index contributed by atoms with van der Waals surface area (Å²) in [5, 5.41) is 5.78. The van der Waals surface area contributed by atoms with Crippen LogP contribution in [-0.2, 0) is 11.2 Å². The van der Waals surface area contributed by atoms with E-state index in [0.29, 0.717) is 36.6 Å². The summed E-state index contributed by atoms with van der Waals surface area (Å²) in [6.07, 6.45) is 3.02. The van der Waals surface area contributed by atoms with Gasteiger partial charge in [-0.15, -0.1) is 0 Å². The number of rotatable bonds is 9. The van der Waals surface area contributed by atoms with E-state index < -0.39 is 0 Å². The molecule has 0 saturated carbocycles. The lowest BCUT2D eigenvalue weighted by Crippen LogP contribution is -2.26. The second kappa shape index (κ2) is 10.5. The molecule has 0 heterocycles. The first kappa shape index (κ1) is 20.7. The minimum Gasteiger partial charge on any atom is -0.352 e. The standard InChI is InChI=1S/C23H30N2O2/c1-4-5-16-24-23(27)20-8-6-7-9-21(20)25-22(26)15-12-18-10-13-19(14-11-18)17(2)3/h6-11,13-14,17H,4-5,12,15-16H2,1-3H3,(H,24,27)(H,25,26). The lowest BCUT2D eigenvalue weighted by molar-refractivity contribution is -0.116. The number of benzene rings is 2. The molecule has 0 unspecified atom stereocenters. The Kier molecular flexibility index (Phi) is 8.05. The van der Waals surface area contributed by atoms with Crippen molar-refractivity contribution in [3.05, 3.63) is 65.2 Å². The molecule has 2 N–H and O–H groups in total. The van der Waals surface area contributed by atoms with Gasteiger partial charge in [0.05, 0.1) is 11.3 Å². The van der Waals surface area contributed by atoms with E-state index in [1.54, 1.807) is 18.2 Å². The van der Waals surface area contributed by atoms with Crippen LogP contribution in [0.25, 0.3) is 0 Å². The molecular weight excluding hydrogens is 336 g/mol. The highest BCUT2D eigenvalue weighted by molar-refractivity contribution is 6.03. The normalized spacial score (nSPS) is 10.7. The predicted molar refractivity (Wildman–Crippen MR) is 111 cm³/mol. The quantitative estimate of drug-likeness (QED) is 0.619. The van der Waals surface area contributed by atoms with Crippen LogP contribution in [-0.4, -0.2) is 18.4 Å². The SMILES string of the molecule is CCCCNC(=O)c1ccccc1NC(=O)CCc1ccc(C(C)C)cc1. The Bertz CT molecular complexity index is 751. The van der Waals surface area contributed by atoms with Crippen molar-refractivity contribution >= 4 is 17.5 Å². The number of hydrogen-bond acceptors (Lipinski definition) is 2. The number of anilines is 1. The molecule has 0 saturated heterocycles. The minimum atomic E-state index is -0.149. The molecule has 2 amide bonds. The molecule has 2 rings (SSSR count). The second-order valence-electron chi connectivity index (χ2n) is 7.10. The van der Waals surface area contributed by atoms with Crippen LogP contribution in [0, 0.1) is 0 Å². The number of amides is 2. The van der Waals surface area contributed by atoms with E-state index in [9.17, 15) is 9.59 Å². The Balaban J connectivity index is 1.92. The fourth-order valence-corrected chi connectivity index (χ4v) is 2.80. The predicted octanol–water partition coefficient (Wildman–Crippen LogP) is 4.91. The van der Waals surface area contributed by atoms with Crippen LogP contribution in [0.2, 0.25) is 0 Å². The highest BCUT2D eigenvalue weighted by Gasteiger charge is 2.12. The number of nitrogens with one attached hydrogen (secondary N) is 2. The van der Waals surface area contributed by atoms with Crippen LogP contribution in [0.3, 0.4) is 0 Å². The number of hydrogen-bond donors (Lipinski definition) is 2. The third-order valence-corrected chi connectivity index (χ3v) is 4.55. The molecule has 0 bridgehead atoms. The van der Waals surface area contributed by atoms with E-state index in [1.165, 1.54) is 5.56 Å². The number of para-hydroxylation sites is 1. The van der Waals surface area contributed by atoms with Gasteiger partial charge in [-0.1, -0.05) is 63.6 Å². The Morgan fingerprint density at radius 1 is 1.00 bits per heavy atom. The zero-order valence-corrected chi connectivity index (χ0v) is 16.5. The average Bonchev–Trinajstić information content (AvgIpc) is 2.67. The summed E-state index contributed by atoms with van der Waals surface area (Å²) in [5.41, 5.74) is 3.50. The highest BCUT2D eigenvalue weighted by atomic mass is 16.2. The van der Waals surface area contributed by atoms with Gasteiger partial charge in [0.1, 0.15) is 0 Å². The number of carbonyl (C=O) groups excluding carboxylic acids is 2. The zero-order chi connectivity index (χ0) is 19.6. The fraction of sp³-hybridized carbons (Fsp3) is 0.391. The molecule has 4 nitrogen and oxygen atoms in total. The molecular formula is C23H30N2O2. The maximum absolute atomic E-state index is 12.4. The largest absolute Gasteiger partial charge is 0.352 e. The van der Waals surface area contributed by atoms with E-state index in [-0.39, 0.29) is 11.8 Å². The van der Waals surface area contributed by atoms with Crippen LogP contribution in [0.4, 0.5) is 5.69 Å². The van der Waals surface area contributed by atoms with Gasteiger partial charge in [-0.05, 0) is 42.0 Å². The van der Waals surface area contributed by atoms with E-state index in [0.717, 1.165) is 18.4 Å². The smallest absolute Gasteiger partial charge is 0.253 e. The van der Waals surface area contributed by atoms with Crippen molar-refractivity contribution in [2.24, 2.45) is 0 Å². The van der Waals surface area contributed by atoms with Gasteiger partial charge < -0.3 is 10.6 Å². The van der Waals surface area contributed by atoms with Crippen molar-refractivity contribution in [3.8, 4) is 0 Å². The summed E-state index contributed by atoms with van der Waals surface area (Å²) < 4.78 is 0.